The number of rotatable bonds is 4. The Hall–Kier alpha value is -0.950. The van der Waals surface area contributed by atoms with Crippen LogP contribution in [0.5, 0.6) is 0 Å². The van der Waals surface area contributed by atoms with E-state index in [2.05, 4.69) is 4.98 Å². The fourth-order valence-electron chi connectivity index (χ4n) is 0.816. The lowest BCUT2D eigenvalue weighted by Crippen LogP contribution is -2.22. The van der Waals surface area contributed by atoms with Gasteiger partial charge in [-0.1, -0.05) is 11.6 Å². The van der Waals surface area contributed by atoms with Crippen molar-refractivity contribution < 1.29 is 17.2 Å². The van der Waals surface area contributed by atoms with E-state index in [0.29, 0.717) is 0 Å². The predicted molar refractivity (Wildman–Crippen MR) is 52.7 cm³/mol. The molecule has 0 saturated carbocycles. The first kappa shape index (κ1) is 12.1. The minimum Gasteiger partial charge on any atom is -0.266 e. The van der Waals surface area contributed by atoms with Gasteiger partial charge in [0.25, 0.3) is 6.43 Å². The number of alkyl halides is 2. The molecule has 0 amide bonds. The quantitative estimate of drug-likeness (QED) is 0.893. The third-order valence-electron chi connectivity index (χ3n) is 1.36. The number of hydrogen-bond donors (Lipinski definition) is 1. The Morgan fingerprint density at radius 2 is 2.20 bits per heavy atom. The highest BCUT2D eigenvalue weighted by molar-refractivity contribution is 7.92. The highest BCUT2D eigenvalue weighted by Gasteiger charge is 2.19. The molecule has 0 aliphatic heterocycles. The van der Waals surface area contributed by atoms with Gasteiger partial charge in [-0.05, 0) is 12.1 Å². The second kappa shape index (κ2) is 4.71. The Balaban J connectivity index is 2.83. The zero-order valence-electron chi connectivity index (χ0n) is 7.32. The molecule has 0 aliphatic rings. The molecule has 0 spiro atoms. The molecule has 1 aromatic heterocycles. The van der Waals surface area contributed by atoms with Gasteiger partial charge in [-0.3, -0.25) is 4.72 Å². The Labute approximate surface area is 90.3 Å². The number of halogens is 3. The van der Waals surface area contributed by atoms with Crippen LogP contribution >= 0.6 is 11.6 Å². The average molecular weight is 257 g/mol. The molecular weight excluding hydrogens is 250 g/mol. The monoisotopic (exact) mass is 256 g/mol. The normalized spacial score (nSPS) is 11.7. The molecule has 0 saturated heterocycles. The van der Waals surface area contributed by atoms with Crippen molar-refractivity contribution in [3.63, 3.8) is 0 Å². The van der Waals surface area contributed by atoms with Crippen LogP contribution in [0.3, 0.4) is 0 Å². The van der Waals surface area contributed by atoms with Crippen molar-refractivity contribution in [3.8, 4) is 0 Å². The molecule has 0 fully saturated rings. The summed E-state index contributed by atoms with van der Waals surface area (Å²) >= 11 is 5.59. The predicted octanol–water partition coefficient (Wildman–Crippen LogP) is 1.74. The lowest BCUT2D eigenvalue weighted by atomic mass is 10.5. The van der Waals surface area contributed by atoms with Crippen molar-refractivity contribution in [2.45, 2.75) is 6.43 Å². The Kier molecular flexibility index (Phi) is 3.81. The zero-order valence-corrected chi connectivity index (χ0v) is 8.89. The van der Waals surface area contributed by atoms with Crippen molar-refractivity contribution in [2.24, 2.45) is 0 Å². The summed E-state index contributed by atoms with van der Waals surface area (Å²) in [5.74, 6) is -1.43. The van der Waals surface area contributed by atoms with Crippen LogP contribution in [0.4, 0.5) is 14.6 Å². The summed E-state index contributed by atoms with van der Waals surface area (Å²) in [4.78, 5) is 3.60. The number of nitrogens with zero attached hydrogens (tertiary/aromatic N) is 1. The van der Waals surface area contributed by atoms with Crippen LogP contribution in [0.1, 0.15) is 0 Å². The van der Waals surface area contributed by atoms with E-state index < -0.39 is 22.2 Å². The molecule has 1 aromatic rings. The molecule has 4 nitrogen and oxygen atoms in total. The van der Waals surface area contributed by atoms with E-state index in [1.54, 1.807) is 0 Å². The molecule has 15 heavy (non-hydrogen) atoms. The van der Waals surface area contributed by atoms with Gasteiger partial charge in [0.15, 0.2) is 5.82 Å². The first-order valence-corrected chi connectivity index (χ1v) is 5.83. The molecule has 1 rings (SSSR count). The van der Waals surface area contributed by atoms with Gasteiger partial charge in [-0.2, -0.15) is 0 Å². The van der Waals surface area contributed by atoms with Crippen molar-refractivity contribution in [3.05, 3.63) is 23.4 Å². The van der Waals surface area contributed by atoms with Crippen LogP contribution in [0.2, 0.25) is 5.02 Å². The molecule has 1 N–H and O–H groups in total. The van der Waals surface area contributed by atoms with Crippen LogP contribution < -0.4 is 4.72 Å². The molecule has 8 heteroatoms. The Morgan fingerprint density at radius 1 is 1.53 bits per heavy atom. The van der Waals surface area contributed by atoms with Gasteiger partial charge in [0, 0.05) is 6.20 Å². The van der Waals surface area contributed by atoms with Crippen molar-refractivity contribution in [1.29, 1.82) is 0 Å². The van der Waals surface area contributed by atoms with E-state index in [1.165, 1.54) is 18.3 Å². The highest BCUT2D eigenvalue weighted by Crippen LogP contribution is 2.18. The second-order valence-corrected chi connectivity index (χ2v) is 4.78. The maximum absolute atomic E-state index is 11.9. The summed E-state index contributed by atoms with van der Waals surface area (Å²) in [6.07, 6.45) is -1.64. The van der Waals surface area contributed by atoms with Crippen LogP contribution in [0, 0.1) is 0 Å². The fourth-order valence-corrected chi connectivity index (χ4v) is 1.91. The maximum Gasteiger partial charge on any atom is 0.254 e. The molecule has 0 aliphatic carbocycles. The van der Waals surface area contributed by atoms with Crippen LogP contribution in [0.15, 0.2) is 18.3 Å². The van der Waals surface area contributed by atoms with E-state index in [-0.39, 0.29) is 10.8 Å². The summed E-state index contributed by atoms with van der Waals surface area (Å²) in [5.41, 5.74) is 0. The zero-order chi connectivity index (χ0) is 11.5. The number of hydrogen-bond acceptors (Lipinski definition) is 3. The van der Waals surface area contributed by atoms with E-state index in [1.807, 2.05) is 4.72 Å². The molecule has 0 bridgehead atoms. The second-order valence-electron chi connectivity index (χ2n) is 2.61. The first-order chi connectivity index (χ1) is 6.91. The van der Waals surface area contributed by atoms with E-state index in [0.717, 1.165) is 0 Å². The Morgan fingerprint density at radius 3 is 2.73 bits per heavy atom. The summed E-state index contributed by atoms with van der Waals surface area (Å²) < 4.78 is 47.7. The summed E-state index contributed by atoms with van der Waals surface area (Å²) in [6.45, 7) is 0. The fraction of sp³-hybridized carbons (Fsp3) is 0.286. The molecule has 0 aromatic carbocycles. The van der Waals surface area contributed by atoms with Gasteiger partial charge in [0.05, 0.1) is 5.02 Å². The van der Waals surface area contributed by atoms with E-state index in [9.17, 15) is 17.2 Å². The number of sulfonamides is 1. The topological polar surface area (TPSA) is 59.1 Å². The summed E-state index contributed by atoms with van der Waals surface area (Å²) in [7, 11) is -4.10. The summed E-state index contributed by atoms with van der Waals surface area (Å²) in [5, 5.41) is 0.0512. The smallest absolute Gasteiger partial charge is 0.254 e. The minimum absolute atomic E-state index is 0.0512. The molecule has 0 atom stereocenters. The van der Waals surface area contributed by atoms with Gasteiger partial charge in [-0.15, -0.1) is 0 Å². The van der Waals surface area contributed by atoms with Gasteiger partial charge < -0.3 is 0 Å². The molecule has 0 unspecified atom stereocenters. The van der Waals surface area contributed by atoms with Gasteiger partial charge in [0.1, 0.15) is 5.75 Å². The van der Waals surface area contributed by atoms with Crippen molar-refractivity contribution in [1.82, 2.24) is 4.98 Å². The van der Waals surface area contributed by atoms with Crippen molar-refractivity contribution >= 4 is 27.4 Å². The first-order valence-electron chi connectivity index (χ1n) is 3.80. The molecule has 0 radical (unpaired) electrons. The third-order valence-corrected chi connectivity index (χ3v) is 2.86. The minimum atomic E-state index is -4.10. The van der Waals surface area contributed by atoms with Gasteiger partial charge in [-0.25, -0.2) is 22.2 Å². The number of aromatic nitrogens is 1. The van der Waals surface area contributed by atoms with Crippen LogP contribution in [-0.2, 0) is 10.0 Å². The SMILES string of the molecule is O=S(=O)(CC(F)F)Nc1ncccc1Cl. The van der Waals surface area contributed by atoms with E-state index in [4.69, 9.17) is 11.6 Å². The van der Waals surface area contributed by atoms with E-state index >= 15 is 0 Å². The van der Waals surface area contributed by atoms with Crippen LogP contribution in [-0.4, -0.2) is 25.6 Å². The van der Waals surface area contributed by atoms with Crippen molar-refractivity contribution in [2.75, 3.05) is 10.5 Å². The lowest BCUT2D eigenvalue weighted by molar-refractivity contribution is 0.174. The summed E-state index contributed by atoms with van der Waals surface area (Å²) in [6, 6.07) is 2.89. The van der Waals surface area contributed by atoms with Crippen LogP contribution in [0.25, 0.3) is 0 Å². The molecular formula is C7H7ClF2N2O2S. The Bertz CT molecular complexity index is 438. The standard InChI is InChI=1S/C7H7ClF2N2O2S/c8-5-2-1-3-11-7(5)12-15(13,14)4-6(9)10/h1-3,6H,4H2,(H,11,12). The number of pyridine rings is 1. The lowest BCUT2D eigenvalue weighted by Gasteiger charge is -2.07. The number of anilines is 1. The number of nitrogens with one attached hydrogen (secondary N) is 1. The van der Waals surface area contributed by atoms with Gasteiger partial charge >= 0.3 is 0 Å². The highest BCUT2D eigenvalue weighted by atomic mass is 35.5. The largest absolute Gasteiger partial charge is 0.266 e. The molecule has 84 valence electrons. The maximum atomic E-state index is 11.9. The average Bonchev–Trinajstić information content (AvgIpc) is 2.06. The third kappa shape index (κ3) is 3.96. The molecule has 1 heterocycles. The van der Waals surface area contributed by atoms with Gasteiger partial charge in [0.2, 0.25) is 10.0 Å².